The first kappa shape index (κ1) is 15.7. The van der Waals surface area contributed by atoms with Crippen LogP contribution in [0.4, 0.5) is 0 Å². The summed E-state index contributed by atoms with van der Waals surface area (Å²) in [4.78, 5) is 16.7. The van der Waals surface area contributed by atoms with Crippen LogP contribution < -0.4 is 5.73 Å². The fourth-order valence-electron chi connectivity index (χ4n) is 3.74. The first-order valence-electron chi connectivity index (χ1n) is 7.73. The van der Waals surface area contributed by atoms with E-state index in [-0.39, 0.29) is 11.9 Å². The summed E-state index contributed by atoms with van der Waals surface area (Å²) in [5, 5.41) is 0. The molecule has 3 atom stereocenters. The highest BCUT2D eigenvalue weighted by atomic mass is 16.5. The van der Waals surface area contributed by atoms with Gasteiger partial charge in [-0.2, -0.15) is 0 Å². The van der Waals surface area contributed by atoms with Crippen LogP contribution in [0.15, 0.2) is 0 Å². The van der Waals surface area contributed by atoms with Gasteiger partial charge in [-0.25, -0.2) is 0 Å². The number of carbonyl (C=O) groups is 1. The Bertz CT molecular complexity index is 348. The number of hydrogen-bond donors (Lipinski definition) is 1. The van der Waals surface area contributed by atoms with Crippen LogP contribution >= 0.6 is 0 Å². The van der Waals surface area contributed by atoms with Gasteiger partial charge >= 0.3 is 5.97 Å². The standard InChI is InChI=1S/C15H29N3O2/c1-17(2)13-7-10-18(11-13)9-6-12-5-4-8-15(12,16)14(19)20-3/h12-13H,4-11,16H2,1-3H3. The average molecular weight is 283 g/mol. The fourth-order valence-corrected chi connectivity index (χ4v) is 3.74. The first-order valence-corrected chi connectivity index (χ1v) is 7.73. The third-order valence-electron chi connectivity index (χ3n) is 5.21. The van der Waals surface area contributed by atoms with E-state index < -0.39 is 5.54 Å². The molecular formula is C15H29N3O2. The maximum Gasteiger partial charge on any atom is 0.326 e. The van der Waals surface area contributed by atoms with E-state index in [2.05, 4.69) is 23.9 Å². The minimum Gasteiger partial charge on any atom is -0.468 e. The molecule has 1 heterocycles. The molecule has 3 unspecified atom stereocenters. The summed E-state index contributed by atoms with van der Waals surface area (Å²) < 4.78 is 4.90. The molecule has 1 aliphatic carbocycles. The lowest BCUT2D eigenvalue weighted by Gasteiger charge is -2.30. The van der Waals surface area contributed by atoms with Gasteiger partial charge in [0.1, 0.15) is 5.54 Å². The second kappa shape index (κ2) is 6.41. The molecule has 0 aromatic rings. The van der Waals surface area contributed by atoms with Gasteiger partial charge in [0.05, 0.1) is 7.11 Å². The predicted octanol–water partition coefficient (Wildman–Crippen LogP) is 0.683. The van der Waals surface area contributed by atoms with Crippen molar-refractivity contribution in [3.8, 4) is 0 Å². The molecule has 2 rings (SSSR count). The molecule has 2 N–H and O–H groups in total. The first-order chi connectivity index (χ1) is 9.47. The molecule has 5 nitrogen and oxygen atoms in total. The van der Waals surface area contributed by atoms with Crippen LogP contribution in [0.2, 0.25) is 0 Å². The lowest BCUT2D eigenvalue weighted by atomic mass is 9.85. The van der Waals surface area contributed by atoms with Gasteiger partial charge in [-0.15, -0.1) is 0 Å². The van der Waals surface area contributed by atoms with Crippen molar-refractivity contribution in [2.24, 2.45) is 11.7 Å². The van der Waals surface area contributed by atoms with Gasteiger partial charge < -0.3 is 20.3 Å². The smallest absolute Gasteiger partial charge is 0.326 e. The van der Waals surface area contributed by atoms with Gasteiger partial charge in [0.15, 0.2) is 0 Å². The molecule has 0 amide bonds. The molecule has 0 radical (unpaired) electrons. The Morgan fingerprint density at radius 1 is 1.45 bits per heavy atom. The highest BCUT2D eigenvalue weighted by Crippen LogP contribution is 2.37. The van der Waals surface area contributed by atoms with E-state index in [9.17, 15) is 4.79 Å². The molecule has 0 bridgehead atoms. The van der Waals surface area contributed by atoms with Crippen molar-refractivity contribution in [1.29, 1.82) is 0 Å². The van der Waals surface area contributed by atoms with Crippen molar-refractivity contribution in [1.82, 2.24) is 9.80 Å². The second-order valence-corrected chi connectivity index (χ2v) is 6.62. The van der Waals surface area contributed by atoms with E-state index in [0.717, 1.165) is 45.3 Å². The molecule has 1 saturated heterocycles. The molecule has 0 spiro atoms. The predicted molar refractivity (Wildman–Crippen MR) is 79.4 cm³/mol. The Kier molecular flexibility index (Phi) is 5.04. The number of likely N-dealkylation sites (tertiary alicyclic amines) is 1. The van der Waals surface area contributed by atoms with Crippen molar-refractivity contribution >= 4 is 5.97 Å². The van der Waals surface area contributed by atoms with Crippen molar-refractivity contribution < 1.29 is 9.53 Å². The second-order valence-electron chi connectivity index (χ2n) is 6.62. The molecule has 1 aliphatic heterocycles. The number of rotatable bonds is 5. The van der Waals surface area contributed by atoms with Gasteiger partial charge in [-0.1, -0.05) is 6.42 Å². The maximum atomic E-state index is 11.9. The number of esters is 1. The number of nitrogens with zero attached hydrogens (tertiary/aromatic N) is 2. The van der Waals surface area contributed by atoms with Gasteiger partial charge in [0.2, 0.25) is 0 Å². The minimum atomic E-state index is -0.741. The minimum absolute atomic E-state index is 0.229. The zero-order chi connectivity index (χ0) is 14.8. The summed E-state index contributed by atoms with van der Waals surface area (Å²) in [5.74, 6) is 0.0425. The number of methoxy groups -OCH3 is 1. The van der Waals surface area contributed by atoms with Crippen molar-refractivity contribution in [3.63, 3.8) is 0 Å². The van der Waals surface area contributed by atoms with Crippen LogP contribution in [0.3, 0.4) is 0 Å². The Labute approximate surface area is 122 Å². The summed E-state index contributed by atoms with van der Waals surface area (Å²) >= 11 is 0. The van der Waals surface area contributed by atoms with Gasteiger partial charge in [-0.05, 0) is 58.8 Å². The molecule has 0 aromatic heterocycles. The molecule has 0 aromatic carbocycles. The maximum absolute atomic E-state index is 11.9. The topological polar surface area (TPSA) is 58.8 Å². The molecule has 5 heteroatoms. The Morgan fingerprint density at radius 3 is 2.80 bits per heavy atom. The SMILES string of the molecule is COC(=O)C1(N)CCCC1CCN1CCC(N(C)C)C1. The van der Waals surface area contributed by atoms with Crippen molar-refractivity contribution in [2.45, 2.75) is 43.7 Å². The number of hydrogen-bond acceptors (Lipinski definition) is 5. The largest absolute Gasteiger partial charge is 0.468 e. The highest BCUT2D eigenvalue weighted by molar-refractivity contribution is 5.81. The molecule has 116 valence electrons. The fraction of sp³-hybridized carbons (Fsp3) is 0.933. The summed E-state index contributed by atoms with van der Waals surface area (Å²) in [6, 6.07) is 0.668. The normalized spacial score (nSPS) is 34.9. The van der Waals surface area contributed by atoms with Crippen LogP contribution in [0, 0.1) is 5.92 Å². The Balaban J connectivity index is 1.83. The molecular weight excluding hydrogens is 254 g/mol. The Morgan fingerprint density at radius 2 is 2.20 bits per heavy atom. The van der Waals surface area contributed by atoms with E-state index in [4.69, 9.17) is 10.5 Å². The average Bonchev–Trinajstić information content (AvgIpc) is 3.03. The van der Waals surface area contributed by atoms with Crippen LogP contribution in [-0.2, 0) is 9.53 Å². The van der Waals surface area contributed by atoms with Crippen LogP contribution in [0.5, 0.6) is 0 Å². The van der Waals surface area contributed by atoms with Crippen LogP contribution in [0.25, 0.3) is 0 Å². The number of ether oxygens (including phenoxy) is 1. The van der Waals surface area contributed by atoms with Gasteiger partial charge in [0, 0.05) is 12.6 Å². The van der Waals surface area contributed by atoms with Crippen molar-refractivity contribution in [2.75, 3.05) is 40.8 Å². The zero-order valence-corrected chi connectivity index (χ0v) is 13.1. The van der Waals surface area contributed by atoms with Gasteiger partial charge in [0.25, 0.3) is 0 Å². The number of likely N-dealkylation sites (N-methyl/N-ethyl adjacent to an activating group) is 1. The third-order valence-corrected chi connectivity index (χ3v) is 5.21. The molecule has 2 aliphatic rings. The van der Waals surface area contributed by atoms with Crippen molar-refractivity contribution in [3.05, 3.63) is 0 Å². The van der Waals surface area contributed by atoms with Crippen LogP contribution in [0.1, 0.15) is 32.1 Å². The number of nitrogens with two attached hydrogens (primary N) is 1. The number of carbonyl (C=O) groups excluding carboxylic acids is 1. The monoisotopic (exact) mass is 283 g/mol. The quantitative estimate of drug-likeness (QED) is 0.752. The summed E-state index contributed by atoms with van der Waals surface area (Å²) in [6.07, 6.45) is 5.10. The lowest BCUT2D eigenvalue weighted by Crippen LogP contribution is -2.52. The molecule has 20 heavy (non-hydrogen) atoms. The van der Waals surface area contributed by atoms with E-state index in [0.29, 0.717) is 6.04 Å². The van der Waals surface area contributed by atoms with Gasteiger partial charge in [-0.3, -0.25) is 4.79 Å². The van der Waals surface area contributed by atoms with E-state index in [1.165, 1.54) is 13.5 Å². The third kappa shape index (κ3) is 3.15. The highest BCUT2D eigenvalue weighted by Gasteiger charge is 2.46. The summed E-state index contributed by atoms with van der Waals surface area (Å²) in [7, 11) is 5.73. The summed E-state index contributed by atoms with van der Waals surface area (Å²) in [6.45, 7) is 3.34. The van der Waals surface area contributed by atoms with E-state index >= 15 is 0 Å². The zero-order valence-electron chi connectivity index (χ0n) is 13.1. The molecule has 1 saturated carbocycles. The molecule has 2 fully saturated rings. The summed E-state index contributed by atoms with van der Waals surface area (Å²) in [5.41, 5.74) is 5.58. The van der Waals surface area contributed by atoms with E-state index in [1.54, 1.807) is 0 Å². The van der Waals surface area contributed by atoms with Crippen LogP contribution in [-0.4, -0.2) is 68.2 Å². The Hall–Kier alpha value is -0.650. The lowest BCUT2D eigenvalue weighted by molar-refractivity contribution is -0.148. The van der Waals surface area contributed by atoms with E-state index in [1.807, 2.05) is 0 Å².